The number of carbonyl (C=O) groups excluding carboxylic acids is 2. The number of carbonyl (C=O) groups is 2. The molecule has 0 atom stereocenters. The molecule has 5 nitrogen and oxygen atoms in total. The minimum Gasteiger partial charge on any atom is -0.342 e. The Morgan fingerprint density at radius 3 is 2.39 bits per heavy atom. The summed E-state index contributed by atoms with van der Waals surface area (Å²) in [6, 6.07) is 7.76. The van der Waals surface area contributed by atoms with Crippen molar-refractivity contribution in [2.24, 2.45) is 5.41 Å². The van der Waals surface area contributed by atoms with Crippen LogP contribution in [0.5, 0.6) is 0 Å². The molecule has 0 aromatic heterocycles. The van der Waals surface area contributed by atoms with Crippen LogP contribution < -0.4 is 5.32 Å². The zero-order valence-electron chi connectivity index (χ0n) is 16.3. The quantitative estimate of drug-likeness (QED) is 0.756. The summed E-state index contributed by atoms with van der Waals surface area (Å²) in [5.41, 5.74) is 1.16. The molecule has 0 bridgehead atoms. The van der Waals surface area contributed by atoms with Crippen LogP contribution in [0.4, 0.5) is 0 Å². The molecule has 154 valence electrons. The Balaban J connectivity index is 0.00000225. The number of hydrogen-bond donors (Lipinski definition) is 1. The van der Waals surface area contributed by atoms with E-state index in [1.165, 1.54) is 18.2 Å². The third-order valence-corrected chi connectivity index (χ3v) is 7.43. The molecule has 2 amide bonds. The van der Waals surface area contributed by atoms with Gasteiger partial charge in [0.1, 0.15) is 0 Å². The average molecular weight is 424 g/mol. The molecule has 1 aromatic carbocycles. The normalized spacial score (nSPS) is 21.0. The van der Waals surface area contributed by atoms with Gasteiger partial charge in [0.05, 0.1) is 11.3 Å². The predicted octanol–water partition coefficient (Wildman–Crippen LogP) is 3.04. The molecule has 1 spiro atoms. The third kappa shape index (κ3) is 4.66. The minimum absolute atomic E-state index is 0. The molecular formula is C21H30ClN3O2S. The van der Waals surface area contributed by atoms with Gasteiger partial charge in [-0.15, -0.1) is 24.2 Å². The Bertz CT molecular complexity index is 693. The molecule has 7 heteroatoms. The monoisotopic (exact) mass is 423 g/mol. The summed E-state index contributed by atoms with van der Waals surface area (Å²) in [6.07, 6.45) is 5.64. The first kappa shape index (κ1) is 21.5. The Kier molecular flexibility index (Phi) is 7.29. The number of amides is 2. The molecule has 0 unspecified atom stereocenters. The van der Waals surface area contributed by atoms with Crippen LogP contribution in [0.25, 0.3) is 0 Å². The van der Waals surface area contributed by atoms with Gasteiger partial charge in [0, 0.05) is 37.6 Å². The average Bonchev–Trinajstić information content (AvgIpc) is 3.39. The summed E-state index contributed by atoms with van der Waals surface area (Å²) in [5, 5.41) is 3.48. The molecular weight excluding hydrogens is 394 g/mol. The van der Waals surface area contributed by atoms with Crippen LogP contribution in [0.15, 0.2) is 29.2 Å². The highest BCUT2D eigenvalue weighted by Gasteiger charge is 2.38. The fourth-order valence-electron chi connectivity index (χ4n) is 4.54. The number of hydrogen-bond acceptors (Lipinski definition) is 4. The maximum atomic E-state index is 13.1. The molecule has 0 aliphatic carbocycles. The van der Waals surface area contributed by atoms with E-state index in [-0.39, 0.29) is 24.2 Å². The van der Waals surface area contributed by atoms with Gasteiger partial charge in [-0.25, -0.2) is 0 Å². The van der Waals surface area contributed by atoms with Gasteiger partial charge in [-0.3, -0.25) is 9.59 Å². The maximum Gasteiger partial charge on any atom is 0.254 e. The Labute approximate surface area is 178 Å². The Morgan fingerprint density at radius 2 is 1.71 bits per heavy atom. The molecule has 3 fully saturated rings. The van der Waals surface area contributed by atoms with Gasteiger partial charge >= 0.3 is 0 Å². The first-order chi connectivity index (χ1) is 13.2. The molecule has 1 N–H and O–H groups in total. The number of rotatable bonds is 4. The zero-order chi connectivity index (χ0) is 18.7. The van der Waals surface area contributed by atoms with E-state index in [0.29, 0.717) is 11.2 Å². The fraction of sp³-hybridized carbons (Fsp3) is 0.619. The summed E-state index contributed by atoms with van der Waals surface area (Å²) < 4.78 is 0. The number of likely N-dealkylation sites (tertiary alicyclic amines) is 2. The van der Waals surface area contributed by atoms with Crippen LogP contribution in [0.1, 0.15) is 42.5 Å². The van der Waals surface area contributed by atoms with Crippen molar-refractivity contribution in [1.29, 1.82) is 0 Å². The molecule has 3 aliphatic rings. The summed E-state index contributed by atoms with van der Waals surface area (Å²) in [6.45, 7) is 5.64. The van der Waals surface area contributed by atoms with Crippen LogP contribution in [0.3, 0.4) is 0 Å². The number of nitrogens with zero attached hydrogens (tertiary/aromatic N) is 2. The van der Waals surface area contributed by atoms with Crippen LogP contribution >= 0.6 is 24.2 Å². The summed E-state index contributed by atoms with van der Waals surface area (Å²) >= 11 is 1.50. The van der Waals surface area contributed by atoms with Crippen molar-refractivity contribution in [3.05, 3.63) is 29.8 Å². The van der Waals surface area contributed by atoms with Crippen molar-refractivity contribution in [1.82, 2.24) is 15.1 Å². The lowest BCUT2D eigenvalue weighted by Crippen LogP contribution is -2.44. The highest BCUT2D eigenvalue weighted by atomic mass is 35.5. The Hall–Kier alpha value is -1.24. The lowest BCUT2D eigenvalue weighted by Gasteiger charge is -2.39. The smallest absolute Gasteiger partial charge is 0.254 e. The van der Waals surface area contributed by atoms with Crippen molar-refractivity contribution in [3.8, 4) is 0 Å². The number of nitrogens with one attached hydrogen (secondary N) is 1. The topological polar surface area (TPSA) is 52.7 Å². The van der Waals surface area contributed by atoms with Crippen molar-refractivity contribution in [3.63, 3.8) is 0 Å². The molecule has 1 aromatic rings. The van der Waals surface area contributed by atoms with Gasteiger partial charge in [0.25, 0.3) is 5.91 Å². The molecule has 4 rings (SSSR count). The van der Waals surface area contributed by atoms with Crippen LogP contribution in [-0.4, -0.2) is 66.6 Å². The van der Waals surface area contributed by atoms with E-state index in [0.717, 1.165) is 75.4 Å². The van der Waals surface area contributed by atoms with E-state index in [4.69, 9.17) is 0 Å². The first-order valence-electron chi connectivity index (χ1n) is 10.2. The van der Waals surface area contributed by atoms with Crippen molar-refractivity contribution in [2.75, 3.05) is 45.0 Å². The van der Waals surface area contributed by atoms with Crippen LogP contribution in [0.2, 0.25) is 0 Å². The number of thioether (sulfide) groups is 1. The highest BCUT2D eigenvalue weighted by Crippen LogP contribution is 2.37. The summed E-state index contributed by atoms with van der Waals surface area (Å²) in [4.78, 5) is 30.4. The maximum absolute atomic E-state index is 13.1. The largest absolute Gasteiger partial charge is 0.342 e. The zero-order valence-corrected chi connectivity index (χ0v) is 18.0. The molecule has 0 saturated carbocycles. The summed E-state index contributed by atoms with van der Waals surface area (Å²) in [7, 11) is 0. The lowest BCUT2D eigenvalue weighted by molar-refractivity contribution is -0.127. The second-order valence-electron chi connectivity index (χ2n) is 8.09. The number of halogens is 1. The second-order valence-corrected chi connectivity index (χ2v) is 9.11. The highest BCUT2D eigenvalue weighted by molar-refractivity contribution is 8.00. The first-order valence-corrected chi connectivity index (χ1v) is 11.2. The third-order valence-electron chi connectivity index (χ3n) is 6.37. The van der Waals surface area contributed by atoms with E-state index in [1.54, 1.807) is 0 Å². The summed E-state index contributed by atoms with van der Waals surface area (Å²) in [5.74, 6) is 0.722. The number of benzene rings is 1. The van der Waals surface area contributed by atoms with E-state index in [1.807, 2.05) is 34.1 Å². The van der Waals surface area contributed by atoms with Crippen molar-refractivity contribution >= 4 is 36.0 Å². The van der Waals surface area contributed by atoms with Gasteiger partial charge < -0.3 is 15.1 Å². The van der Waals surface area contributed by atoms with E-state index in [9.17, 15) is 9.59 Å². The van der Waals surface area contributed by atoms with E-state index >= 15 is 0 Å². The molecule has 3 heterocycles. The SMILES string of the molecule is Cl.O=C(CSc1ccccc1C(=O)N1CCC2(CCNC2)CC1)N1CCCC1. The van der Waals surface area contributed by atoms with Gasteiger partial charge in [0.2, 0.25) is 5.91 Å². The second kappa shape index (κ2) is 9.51. The van der Waals surface area contributed by atoms with Crippen molar-refractivity contribution in [2.45, 2.75) is 37.0 Å². The predicted molar refractivity (Wildman–Crippen MR) is 115 cm³/mol. The standard InChI is InChI=1S/C21H29N3O2S.ClH/c25-19(23-11-3-4-12-23)15-27-18-6-2-1-5-17(18)20(26)24-13-8-21(9-14-24)7-10-22-16-21;/h1-2,5-6,22H,3-4,7-16H2;1H. The van der Waals surface area contributed by atoms with E-state index < -0.39 is 0 Å². The number of piperidine rings is 1. The van der Waals surface area contributed by atoms with Gasteiger partial charge in [-0.05, 0) is 56.2 Å². The molecule has 0 radical (unpaired) electrons. The van der Waals surface area contributed by atoms with Gasteiger partial charge in [-0.2, -0.15) is 0 Å². The molecule has 3 saturated heterocycles. The van der Waals surface area contributed by atoms with Gasteiger partial charge in [0.15, 0.2) is 0 Å². The van der Waals surface area contributed by atoms with Gasteiger partial charge in [-0.1, -0.05) is 12.1 Å². The lowest BCUT2D eigenvalue weighted by atomic mass is 9.78. The van der Waals surface area contributed by atoms with Crippen LogP contribution in [-0.2, 0) is 4.79 Å². The molecule has 3 aliphatic heterocycles. The molecule has 28 heavy (non-hydrogen) atoms. The van der Waals surface area contributed by atoms with Crippen molar-refractivity contribution < 1.29 is 9.59 Å². The fourth-order valence-corrected chi connectivity index (χ4v) is 5.49. The minimum atomic E-state index is 0. The van der Waals surface area contributed by atoms with E-state index in [2.05, 4.69) is 5.32 Å². The Morgan fingerprint density at radius 1 is 1.00 bits per heavy atom. The van der Waals surface area contributed by atoms with Crippen LogP contribution in [0, 0.1) is 5.41 Å².